The smallest absolute Gasteiger partial charge is 0.340 e. The summed E-state index contributed by atoms with van der Waals surface area (Å²) >= 11 is 0. The molecule has 0 aliphatic heterocycles. The van der Waals surface area contributed by atoms with Gasteiger partial charge < -0.3 is 77.0 Å². The van der Waals surface area contributed by atoms with Gasteiger partial charge >= 0.3 is 11.9 Å². The van der Waals surface area contributed by atoms with Crippen LogP contribution in [0.3, 0.4) is 0 Å². The summed E-state index contributed by atoms with van der Waals surface area (Å²) in [4.78, 5) is 91.0. The molecule has 0 fully saturated rings. The van der Waals surface area contributed by atoms with E-state index >= 15 is 0 Å². The number of amides is 2. The number of rotatable bonds is 14. The van der Waals surface area contributed by atoms with Crippen molar-refractivity contribution in [3.63, 3.8) is 0 Å². The number of carbonyl (C=O) groups is 8. The van der Waals surface area contributed by atoms with E-state index in [9.17, 15) is 66.8 Å². The molecule has 23 nitrogen and oxygen atoms in total. The van der Waals surface area contributed by atoms with Crippen LogP contribution in [0.25, 0.3) is 0 Å². The number of aryl methyl sites for hydroxylation is 1. The molecule has 89 heavy (non-hydrogen) atoms. The molecule has 482 valence electrons. The molecule has 0 atom stereocenters. The number of Topliss-reactive ketones (excluding diaryl/α,β-unsaturated/α-hetero) is 4. The van der Waals surface area contributed by atoms with E-state index in [0.717, 1.165) is 24.3 Å². The number of carbonyl (C=O) groups excluding carboxylic acids is 6. The highest BCUT2D eigenvalue weighted by molar-refractivity contribution is 6.09. The van der Waals surface area contributed by atoms with Gasteiger partial charge in [0.2, 0.25) is 0 Å². The van der Waals surface area contributed by atoms with Gasteiger partial charge in [-0.1, -0.05) is 61.5 Å². The summed E-state index contributed by atoms with van der Waals surface area (Å²) in [7, 11) is 0. The van der Waals surface area contributed by atoms with Gasteiger partial charge in [-0.15, -0.1) is 0 Å². The fraction of sp³-hybridized carbons (Fsp3) is 0.302. The molecule has 0 bridgehead atoms. The summed E-state index contributed by atoms with van der Waals surface area (Å²) in [5.74, 6) is -16.5. The van der Waals surface area contributed by atoms with Crippen molar-refractivity contribution in [2.45, 2.75) is 102 Å². The molecule has 0 aromatic heterocycles. The number of benzene rings is 6. The average molecular weight is 1250 g/mol. The van der Waals surface area contributed by atoms with E-state index in [1.54, 1.807) is 62.3 Å². The highest BCUT2D eigenvalue weighted by atomic mass is 19.1. The van der Waals surface area contributed by atoms with Gasteiger partial charge in [0.15, 0.2) is 98.1 Å². The van der Waals surface area contributed by atoms with Gasteiger partial charge in [0, 0.05) is 52.4 Å². The predicted molar refractivity (Wildman–Crippen MR) is 317 cm³/mol. The maximum atomic E-state index is 13.3. The number of phenols is 11. The number of carboxylic acid groups (broad SMARTS) is 2. The molecule has 0 spiro atoms. The van der Waals surface area contributed by atoms with E-state index < -0.39 is 98.4 Å². The largest absolute Gasteiger partial charge is 0.507 e. The Hall–Kier alpha value is -10.5. The number of hydrogen-bond acceptors (Lipinski definition) is 19. The quantitative estimate of drug-likeness (QED) is 0.0356. The monoisotopic (exact) mass is 1250 g/mol. The summed E-state index contributed by atoms with van der Waals surface area (Å²) in [5.41, 5.74) is -0.612. The van der Waals surface area contributed by atoms with E-state index in [-0.39, 0.29) is 98.3 Å². The van der Waals surface area contributed by atoms with Crippen LogP contribution in [0.1, 0.15) is 172 Å². The second-order valence-electron chi connectivity index (χ2n) is 21.1. The molecule has 6 rings (SSSR count). The van der Waals surface area contributed by atoms with Crippen LogP contribution in [-0.4, -0.2) is 125 Å². The van der Waals surface area contributed by atoms with Crippen LogP contribution in [-0.2, 0) is 0 Å². The molecule has 0 saturated heterocycles. The minimum absolute atomic E-state index is 0.0402. The Morgan fingerprint density at radius 1 is 0.348 bits per heavy atom. The first-order valence-corrected chi connectivity index (χ1v) is 26.8. The zero-order valence-electron chi connectivity index (χ0n) is 50.7. The topological polar surface area (TPSA) is 424 Å². The Kier molecular flexibility index (Phi) is 29.2. The van der Waals surface area contributed by atoms with Gasteiger partial charge in [-0.3, -0.25) is 28.8 Å². The molecule has 2 amide bonds. The van der Waals surface area contributed by atoms with E-state index in [2.05, 4.69) is 10.6 Å². The Morgan fingerprint density at radius 2 is 0.708 bits per heavy atom. The molecule has 15 N–H and O–H groups in total. The Bertz CT molecular complexity index is 3580. The highest BCUT2D eigenvalue weighted by Gasteiger charge is 2.27. The minimum atomic E-state index is -1.48. The molecular formula is C63H73F3N2O21. The molecule has 6 aromatic carbocycles. The second kappa shape index (κ2) is 34.0. The Morgan fingerprint density at radius 3 is 1.15 bits per heavy atom. The summed E-state index contributed by atoms with van der Waals surface area (Å²) in [5, 5.41) is 123. The Balaban J connectivity index is 0.000000535. The third-order valence-corrected chi connectivity index (χ3v) is 11.7. The molecule has 0 unspecified atom stereocenters. The maximum absolute atomic E-state index is 13.3. The van der Waals surface area contributed by atoms with Crippen molar-refractivity contribution in [1.82, 2.24) is 10.6 Å². The summed E-state index contributed by atoms with van der Waals surface area (Å²) in [6.45, 7) is 22.0. The molecule has 6 aromatic rings. The van der Waals surface area contributed by atoms with Gasteiger partial charge in [0.1, 0.15) is 16.9 Å². The summed E-state index contributed by atoms with van der Waals surface area (Å²) in [6, 6.07) is 15.9. The first kappa shape index (κ1) is 76.5. The molecule has 0 heterocycles. The lowest BCUT2D eigenvalue weighted by molar-refractivity contribution is 0.0678. The van der Waals surface area contributed by atoms with Crippen molar-refractivity contribution in [3.8, 4) is 63.2 Å². The molecule has 26 heteroatoms. The number of aromatic hydroxyl groups is 11. The molecule has 0 aliphatic carbocycles. The fourth-order valence-corrected chi connectivity index (χ4v) is 6.92. The van der Waals surface area contributed by atoms with Crippen molar-refractivity contribution < 1.29 is 118 Å². The zero-order valence-corrected chi connectivity index (χ0v) is 50.7. The zero-order chi connectivity index (χ0) is 69.0. The van der Waals surface area contributed by atoms with Crippen LogP contribution in [0.5, 0.6) is 63.2 Å². The predicted octanol–water partition coefficient (Wildman–Crippen LogP) is 10.6. The third kappa shape index (κ3) is 21.7. The average Bonchev–Trinajstić information content (AvgIpc) is 1.08. The molecule has 0 saturated carbocycles. The number of carboxylic acids is 2. The van der Waals surface area contributed by atoms with Crippen molar-refractivity contribution in [2.24, 2.45) is 23.7 Å². The number of hydrogen-bond donors (Lipinski definition) is 15. The lowest BCUT2D eigenvalue weighted by Gasteiger charge is -2.11. The SMILES string of the molecule is CC(C)C(=O)c1cc(F)c(O)c(O)c1F.CC(C)C(=O)c1ccc(O)c(O)c1.CC(C)C(=O)c1ccc(O)c(O)c1F.CC(C)NC(=O)c1ccc(O)c(O)c1.CC(C)NC(=O)c1ccc(O)c(O)c1C(=O)O.Cc1ccc(C(=O)C(C)C)c(C(=O)O)c1O. The standard InChI is InChI=1S/C12H14O4.C11H13NO5.C10H10F2O3.C10H11FO3.C10H13NO3.C10H12O3/c1-6(2)10(13)8-5-4-7(3)11(14)9(8)12(15)16;1-5(2)12-10(15)6-3-4-7(13)9(14)8(6)11(16)17;1-4(2)8(13)5-3-6(11)9(14)10(15)7(5)12;1-5(2)9(13)6-3-4-7(12)10(14)8(6)11;1-6(2)11-10(14)7-3-4-8(12)9(13)5-7;1-6(2)10(13)7-3-4-8(11)9(12)5-7/h4-6,14H,1-3H3,(H,15,16);3-5,13-14H,1-2H3,(H,12,15)(H,16,17);3-4,14-15H,1-2H3;3-5,12,14H,1-2H3;3-6,12-13H,1-2H3,(H,11,14);3-6,11-12H,1-2H3. The lowest BCUT2D eigenvalue weighted by Crippen LogP contribution is -2.31. The van der Waals surface area contributed by atoms with Crippen molar-refractivity contribution in [3.05, 3.63) is 146 Å². The van der Waals surface area contributed by atoms with Gasteiger partial charge in [-0.05, 0) is 113 Å². The van der Waals surface area contributed by atoms with Gasteiger partial charge in [-0.25, -0.2) is 22.8 Å². The van der Waals surface area contributed by atoms with Crippen LogP contribution >= 0.6 is 0 Å². The normalized spacial score (nSPS) is 10.4. The number of aromatic carboxylic acids is 2. The fourth-order valence-electron chi connectivity index (χ4n) is 6.92. The highest BCUT2D eigenvalue weighted by Crippen LogP contribution is 2.35. The van der Waals surface area contributed by atoms with Crippen LogP contribution in [0.15, 0.2) is 78.9 Å². The maximum Gasteiger partial charge on any atom is 0.340 e. The van der Waals surface area contributed by atoms with E-state index in [1.807, 2.05) is 13.8 Å². The van der Waals surface area contributed by atoms with E-state index in [1.165, 1.54) is 62.4 Å². The first-order valence-electron chi connectivity index (χ1n) is 26.8. The van der Waals surface area contributed by atoms with Crippen molar-refractivity contribution >= 4 is 46.9 Å². The number of phenolic OH excluding ortho intramolecular Hbond substituents is 9. The van der Waals surface area contributed by atoms with Crippen LogP contribution < -0.4 is 10.6 Å². The van der Waals surface area contributed by atoms with Crippen LogP contribution in [0.4, 0.5) is 13.2 Å². The van der Waals surface area contributed by atoms with Crippen LogP contribution in [0.2, 0.25) is 0 Å². The molecular weight excluding hydrogens is 1180 g/mol. The second-order valence-corrected chi connectivity index (χ2v) is 21.1. The molecule has 0 radical (unpaired) electrons. The van der Waals surface area contributed by atoms with Gasteiger partial charge in [-0.2, -0.15) is 0 Å². The molecule has 0 aliphatic rings. The summed E-state index contributed by atoms with van der Waals surface area (Å²) < 4.78 is 39.4. The third-order valence-electron chi connectivity index (χ3n) is 11.7. The number of ketones is 4. The number of nitrogens with one attached hydrogen (secondary N) is 2. The first-order chi connectivity index (χ1) is 41.0. The van der Waals surface area contributed by atoms with Crippen molar-refractivity contribution in [1.29, 1.82) is 0 Å². The summed E-state index contributed by atoms with van der Waals surface area (Å²) in [6.07, 6.45) is 0. The number of halogens is 3. The van der Waals surface area contributed by atoms with Crippen LogP contribution in [0, 0.1) is 48.0 Å². The van der Waals surface area contributed by atoms with Gasteiger partial charge in [0.05, 0.1) is 16.7 Å². The van der Waals surface area contributed by atoms with E-state index in [0.29, 0.717) is 22.8 Å². The van der Waals surface area contributed by atoms with Crippen molar-refractivity contribution in [2.75, 3.05) is 0 Å². The lowest BCUT2D eigenvalue weighted by atomic mass is 9.94. The Labute approximate surface area is 509 Å². The minimum Gasteiger partial charge on any atom is -0.507 e. The van der Waals surface area contributed by atoms with Gasteiger partial charge in [0.25, 0.3) is 11.8 Å². The van der Waals surface area contributed by atoms with E-state index in [4.69, 9.17) is 51.1 Å².